The topological polar surface area (TPSA) is 57.5 Å². The monoisotopic (exact) mass is 274 g/mol. The Kier molecular flexibility index (Phi) is 4.23. The highest BCUT2D eigenvalue weighted by Gasteiger charge is 2.51. The summed E-state index contributed by atoms with van der Waals surface area (Å²) in [5, 5.41) is 17.4. The van der Waals surface area contributed by atoms with E-state index >= 15 is 0 Å². The van der Waals surface area contributed by atoms with Crippen molar-refractivity contribution in [2.45, 2.75) is 14.2 Å². The molecule has 0 radical (unpaired) electrons. The lowest BCUT2D eigenvalue weighted by atomic mass is 10.2. The Balaban J connectivity index is 4.69. The van der Waals surface area contributed by atoms with Gasteiger partial charge in [0.15, 0.2) is 0 Å². The number of carboxylic acid groups (broad SMARTS) is 1. The van der Waals surface area contributed by atoms with Gasteiger partial charge in [0.25, 0.3) is 0 Å². The van der Waals surface area contributed by atoms with Crippen LogP contribution in [0.4, 0.5) is 0 Å². The molecule has 2 N–H and O–H groups in total. The molecule has 0 fully saturated rings. The summed E-state index contributed by atoms with van der Waals surface area (Å²) in [4.78, 5) is 10.3. The van der Waals surface area contributed by atoms with Crippen LogP contribution in [-0.2, 0) is 4.79 Å². The van der Waals surface area contributed by atoms with Gasteiger partial charge in [-0.3, -0.25) is 0 Å². The molecule has 8 heteroatoms. The van der Waals surface area contributed by atoms with E-state index in [4.69, 9.17) is 68.2 Å². The van der Waals surface area contributed by atoms with Crippen molar-refractivity contribution < 1.29 is 15.0 Å². The minimum absolute atomic E-state index is 1.69. The van der Waals surface area contributed by atoms with E-state index in [-0.39, 0.29) is 0 Å². The maximum absolute atomic E-state index is 10.3. The number of hydrogen-bond donors (Lipinski definition) is 2. The van der Waals surface area contributed by atoms with E-state index < -0.39 is 20.2 Å². The summed E-state index contributed by atoms with van der Waals surface area (Å²) >= 11 is 25.8. The fourth-order valence-corrected chi connectivity index (χ4v) is 1.48. The predicted molar refractivity (Wildman–Crippen MR) is 48.4 cm³/mol. The predicted octanol–water partition coefficient (Wildman–Crippen LogP) is 1.98. The average Bonchev–Trinajstić information content (AvgIpc) is 1.83. The van der Waals surface area contributed by atoms with Crippen LogP contribution in [0.25, 0.3) is 0 Å². The summed E-state index contributed by atoms with van der Waals surface area (Å²) in [5.74, 6) is -1.69. The molecule has 0 amide bonds. The van der Waals surface area contributed by atoms with E-state index in [9.17, 15) is 4.79 Å². The third-order valence-corrected chi connectivity index (χ3v) is 2.30. The fraction of sp³-hybridized carbons (Fsp3) is 0.750. The normalized spacial score (nSPS) is 15.8. The highest BCUT2D eigenvalue weighted by atomic mass is 35.6. The second-order valence-electron chi connectivity index (χ2n) is 1.87. The van der Waals surface area contributed by atoms with Crippen molar-refractivity contribution in [3.05, 3.63) is 0 Å². The molecule has 0 spiro atoms. The van der Waals surface area contributed by atoms with Gasteiger partial charge in [-0.05, 0) is 0 Å². The summed E-state index contributed by atoms with van der Waals surface area (Å²) in [6.07, 6.45) is -2.02. The van der Waals surface area contributed by atoms with Gasteiger partial charge in [0.05, 0.1) is 0 Å². The van der Waals surface area contributed by atoms with Crippen LogP contribution in [-0.4, -0.2) is 30.4 Å². The first kappa shape index (κ1) is 12.9. The smallest absolute Gasteiger partial charge is 0.343 e. The lowest BCUT2D eigenvalue weighted by Gasteiger charge is -2.26. The van der Waals surface area contributed by atoms with Crippen LogP contribution >= 0.6 is 58.0 Å². The summed E-state index contributed by atoms with van der Waals surface area (Å²) in [6.45, 7) is 0. The third-order valence-electron chi connectivity index (χ3n) is 0.939. The molecule has 0 saturated heterocycles. The van der Waals surface area contributed by atoms with Crippen LogP contribution in [0.5, 0.6) is 0 Å². The number of rotatable bonds is 2. The highest BCUT2D eigenvalue weighted by Crippen LogP contribution is 2.40. The summed E-state index contributed by atoms with van der Waals surface area (Å²) in [5.41, 5.74) is 0. The first-order valence-corrected chi connectivity index (χ1v) is 4.35. The van der Waals surface area contributed by atoms with Gasteiger partial charge < -0.3 is 10.2 Å². The van der Waals surface area contributed by atoms with Crippen LogP contribution in [0.15, 0.2) is 0 Å². The molecule has 0 aromatic carbocycles. The fourth-order valence-electron chi connectivity index (χ4n) is 0.323. The Hall–Kier alpha value is 0.880. The minimum Gasteiger partial charge on any atom is -0.479 e. The molecule has 0 aliphatic carbocycles. The largest absolute Gasteiger partial charge is 0.479 e. The molecule has 0 saturated carbocycles. The maximum atomic E-state index is 10.3. The zero-order valence-electron chi connectivity index (χ0n) is 5.27. The third kappa shape index (κ3) is 2.98. The van der Waals surface area contributed by atoms with Gasteiger partial charge in [0, 0.05) is 0 Å². The van der Waals surface area contributed by atoms with Gasteiger partial charge in [-0.1, -0.05) is 58.0 Å². The second-order valence-corrected chi connectivity index (χ2v) is 5.63. The SMILES string of the molecule is O=C(O)C(Cl)(Cl)C(O)C(Cl)(Cl)Cl. The van der Waals surface area contributed by atoms with Crippen LogP contribution in [0.3, 0.4) is 0 Å². The molecule has 0 aromatic heterocycles. The van der Waals surface area contributed by atoms with E-state index in [1.165, 1.54) is 0 Å². The first-order valence-electron chi connectivity index (χ1n) is 2.46. The minimum atomic E-state index is -2.54. The van der Waals surface area contributed by atoms with E-state index in [0.717, 1.165) is 0 Å². The molecule has 0 aromatic rings. The van der Waals surface area contributed by atoms with Gasteiger partial charge in [-0.2, -0.15) is 0 Å². The van der Waals surface area contributed by atoms with E-state index in [2.05, 4.69) is 0 Å². The van der Waals surface area contributed by atoms with Gasteiger partial charge in [0.2, 0.25) is 8.13 Å². The molecule has 72 valence electrons. The first-order chi connectivity index (χ1) is 5.10. The van der Waals surface area contributed by atoms with Gasteiger partial charge in [-0.25, -0.2) is 4.79 Å². The van der Waals surface area contributed by atoms with Gasteiger partial charge in [0.1, 0.15) is 6.10 Å². The molecule has 0 aliphatic heterocycles. The molecule has 0 heterocycles. The number of carbonyl (C=O) groups is 1. The number of alkyl halides is 5. The van der Waals surface area contributed by atoms with Crippen molar-refractivity contribution in [3.63, 3.8) is 0 Å². The number of aliphatic carboxylic acids is 1. The maximum Gasteiger partial charge on any atom is 0.343 e. The molecule has 3 nitrogen and oxygen atoms in total. The molecule has 0 rings (SSSR count). The Morgan fingerprint density at radius 3 is 1.58 bits per heavy atom. The molecular weight excluding hydrogens is 273 g/mol. The average molecular weight is 276 g/mol. The molecule has 0 aliphatic rings. The lowest BCUT2D eigenvalue weighted by Crippen LogP contribution is -2.46. The van der Waals surface area contributed by atoms with Crippen molar-refractivity contribution in [2.24, 2.45) is 0 Å². The zero-order chi connectivity index (χ0) is 10.2. The molecule has 1 atom stereocenters. The van der Waals surface area contributed by atoms with E-state index in [1.54, 1.807) is 0 Å². The molecule has 1 unspecified atom stereocenters. The number of carboxylic acids is 1. The van der Waals surface area contributed by atoms with Crippen molar-refractivity contribution in [2.75, 3.05) is 0 Å². The number of halogens is 5. The summed E-state index contributed by atoms with van der Waals surface area (Å²) in [6, 6.07) is 0. The van der Waals surface area contributed by atoms with Crippen LogP contribution in [0.2, 0.25) is 0 Å². The van der Waals surface area contributed by atoms with Crippen molar-refractivity contribution in [1.29, 1.82) is 0 Å². The lowest BCUT2D eigenvalue weighted by molar-refractivity contribution is -0.140. The molecule has 12 heavy (non-hydrogen) atoms. The zero-order valence-corrected chi connectivity index (χ0v) is 9.05. The van der Waals surface area contributed by atoms with Crippen molar-refractivity contribution >= 4 is 64.0 Å². The van der Waals surface area contributed by atoms with Crippen molar-refractivity contribution in [3.8, 4) is 0 Å². The van der Waals surface area contributed by atoms with Gasteiger partial charge >= 0.3 is 5.97 Å². The van der Waals surface area contributed by atoms with Crippen LogP contribution in [0.1, 0.15) is 0 Å². The van der Waals surface area contributed by atoms with Gasteiger partial charge in [-0.15, -0.1) is 0 Å². The van der Waals surface area contributed by atoms with Crippen molar-refractivity contribution in [1.82, 2.24) is 0 Å². The Labute approximate surface area is 93.1 Å². The number of aliphatic hydroxyl groups excluding tert-OH is 1. The molecule has 0 bridgehead atoms. The molecular formula is C4H3Cl5O3. The Morgan fingerprint density at radius 2 is 1.50 bits per heavy atom. The Morgan fingerprint density at radius 1 is 1.17 bits per heavy atom. The number of hydrogen-bond acceptors (Lipinski definition) is 2. The second kappa shape index (κ2) is 3.95. The highest BCUT2D eigenvalue weighted by molar-refractivity contribution is 6.70. The van der Waals surface area contributed by atoms with Crippen LogP contribution < -0.4 is 0 Å². The van der Waals surface area contributed by atoms with Crippen LogP contribution in [0, 0.1) is 0 Å². The quantitative estimate of drug-likeness (QED) is 0.758. The standard InChI is InChI=1S/C4H3Cl5O3/c5-3(6,2(11)12)1(10)4(7,8)9/h1,10H,(H,11,12). The Bertz CT molecular complexity index is 186. The van der Waals surface area contributed by atoms with E-state index in [0.29, 0.717) is 0 Å². The summed E-state index contributed by atoms with van der Waals surface area (Å²) < 4.78 is -4.78. The summed E-state index contributed by atoms with van der Waals surface area (Å²) in [7, 11) is 0. The van der Waals surface area contributed by atoms with E-state index in [1.807, 2.05) is 0 Å². The number of aliphatic hydroxyl groups is 1.